The molecular formula is C20H19N5O2. The van der Waals surface area contributed by atoms with E-state index in [0.717, 1.165) is 29.6 Å². The van der Waals surface area contributed by atoms with Gasteiger partial charge in [0.15, 0.2) is 5.82 Å². The number of aromatic hydroxyl groups is 1. The normalized spacial score (nSPS) is 11.0. The van der Waals surface area contributed by atoms with Gasteiger partial charge in [0, 0.05) is 11.5 Å². The number of phenols is 1. The van der Waals surface area contributed by atoms with Gasteiger partial charge in [-0.3, -0.25) is 9.89 Å². The zero-order chi connectivity index (χ0) is 18.8. The van der Waals surface area contributed by atoms with Gasteiger partial charge in [-0.25, -0.2) is 4.68 Å². The van der Waals surface area contributed by atoms with Crippen LogP contribution < -0.4 is 5.32 Å². The van der Waals surface area contributed by atoms with Crippen molar-refractivity contribution in [2.24, 2.45) is 0 Å². The molecule has 4 aromatic rings. The lowest BCUT2D eigenvalue weighted by Gasteiger charge is -2.09. The molecule has 0 bridgehead atoms. The number of para-hydroxylation sites is 1. The lowest BCUT2D eigenvalue weighted by atomic mass is 10.1. The predicted molar refractivity (Wildman–Crippen MR) is 103 cm³/mol. The number of nitrogens with one attached hydrogen (secondary N) is 2. The third-order valence-corrected chi connectivity index (χ3v) is 4.38. The second-order valence-electron chi connectivity index (χ2n) is 6.26. The molecule has 136 valence electrons. The Balaban J connectivity index is 1.68. The number of carbonyl (C=O) groups is 1. The first kappa shape index (κ1) is 16.8. The van der Waals surface area contributed by atoms with Crippen molar-refractivity contribution >= 4 is 22.6 Å². The van der Waals surface area contributed by atoms with Gasteiger partial charge in [-0.2, -0.15) is 10.2 Å². The van der Waals surface area contributed by atoms with Gasteiger partial charge in [0.2, 0.25) is 0 Å². The lowest BCUT2D eigenvalue weighted by molar-refractivity contribution is 0.102. The second kappa shape index (κ2) is 6.95. The van der Waals surface area contributed by atoms with Crippen LogP contribution in [0, 0.1) is 0 Å². The van der Waals surface area contributed by atoms with E-state index in [4.69, 9.17) is 0 Å². The summed E-state index contributed by atoms with van der Waals surface area (Å²) in [7, 11) is 0. The molecule has 0 aliphatic rings. The molecule has 2 aromatic heterocycles. The molecule has 0 radical (unpaired) electrons. The number of aromatic nitrogens is 4. The highest BCUT2D eigenvalue weighted by Gasteiger charge is 2.19. The van der Waals surface area contributed by atoms with Crippen LogP contribution in [0.2, 0.25) is 0 Å². The number of anilines is 1. The van der Waals surface area contributed by atoms with E-state index in [1.807, 2.05) is 30.3 Å². The van der Waals surface area contributed by atoms with Crippen molar-refractivity contribution in [2.45, 2.75) is 19.8 Å². The summed E-state index contributed by atoms with van der Waals surface area (Å²) in [6.45, 7) is 2.07. The summed E-state index contributed by atoms with van der Waals surface area (Å²) in [5.41, 5.74) is 2.95. The fraction of sp³-hybridized carbons (Fsp3) is 0.150. The molecule has 0 aliphatic heterocycles. The van der Waals surface area contributed by atoms with E-state index in [-0.39, 0.29) is 11.7 Å². The first-order valence-electron chi connectivity index (χ1n) is 8.78. The van der Waals surface area contributed by atoms with Crippen LogP contribution >= 0.6 is 0 Å². The third-order valence-electron chi connectivity index (χ3n) is 4.38. The van der Waals surface area contributed by atoms with Crippen molar-refractivity contribution < 1.29 is 9.90 Å². The SMILES string of the molecule is CCCc1c(C(=O)Nc2n[nH]c3cc(O)ccc23)cnn1-c1ccccc1. The molecule has 4 rings (SSSR count). The van der Waals surface area contributed by atoms with Crippen molar-refractivity contribution in [3.63, 3.8) is 0 Å². The van der Waals surface area contributed by atoms with E-state index in [1.54, 1.807) is 29.1 Å². The highest BCUT2D eigenvalue weighted by Crippen LogP contribution is 2.25. The number of carbonyl (C=O) groups excluding carboxylic acids is 1. The van der Waals surface area contributed by atoms with Gasteiger partial charge in [0.1, 0.15) is 5.75 Å². The van der Waals surface area contributed by atoms with Crippen LogP contribution in [0.3, 0.4) is 0 Å². The molecule has 7 nitrogen and oxygen atoms in total. The van der Waals surface area contributed by atoms with Crippen LogP contribution in [-0.4, -0.2) is 31.0 Å². The van der Waals surface area contributed by atoms with Crippen molar-refractivity contribution in [2.75, 3.05) is 5.32 Å². The number of benzene rings is 2. The number of H-pyrrole nitrogens is 1. The number of hydrogen-bond donors (Lipinski definition) is 3. The van der Waals surface area contributed by atoms with Crippen molar-refractivity contribution in [3.05, 3.63) is 66.0 Å². The van der Waals surface area contributed by atoms with Crippen LogP contribution in [0.15, 0.2) is 54.7 Å². The van der Waals surface area contributed by atoms with Gasteiger partial charge in [-0.1, -0.05) is 31.5 Å². The zero-order valence-electron chi connectivity index (χ0n) is 14.8. The summed E-state index contributed by atoms with van der Waals surface area (Å²) in [6.07, 6.45) is 3.21. The van der Waals surface area contributed by atoms with Crippen molar-refractivity contribution in [3.8, 4) is 11.4 Å². The fourth-order valence-electron chi connectivity index (χ4n) is 3.11. The maximum absolute atomic E-state index is 12.9. The smallest absolute Gasteiger partial charge is 0.260 e. The fourth-order valence-corrected chi connectivity index (χ4v) is 3.11. The molecule has 0 saturated heterocycles. The summed E-state index contributed by atoms with van der Waals surface area (Å²) in [5, 5.41) is 24.5. The van der Waals surface area contributed by atoms with Crippen molar-refractivity contribution in [1.29, 1.82) is 0 Å². The molecule has 2 heterocycles. The van der Waals surface area contributed by atoms with Crippen LogP contribution in [0.25, 0.3) is 16.6 Å². The standard InChI is InChI=1S/C20H19N5O2/c1-2-6-18-16(12-21-25(18)13-7-4-3-5-8-13)20(27)22-19-15-10-9-14(26)11-17(15)23-24-19/h3-5,7-12,26H,2,6H2,1H3,(H2,22,23,24,27). The summed E-state index contributed by atoms with van der Waals surface area (Å²) in [5.74, 6) is 0.297. The van der Waals surface area contributed by atoms with Gasteiger partial charge in [0.25, 0.3) is 5.91 Å². The Kier molecular flexibility index (Phi) is 4.33. The van der Waals surface area contributed by atoms with Crippen molar-refractivity contribution in [1.82, 2.24) is 20.0 Å². The number of aromatic amines is 1. The Hall–Kier alpha value is -3.61. The summed E-state index contributed by atoms with van der Waals surface area (Å²) in [4.78, 5) is 12.9. The highest BCUT2D eigenvalue weighted by molar-refractivity contribution is 6.08. The minimum atomic E-state index is -0.262. The van der Waals surface area contributed by atoms with Gasteiger partial charge in [0.05, 0.1) is 28.7 Å². The van der Waals surface area contributed by atoms with E-state index in [0.29, 0.717) is 16.9 Å². The minimum Gasteiger partial charge on any atom is -0.508 e. The van der Waals surface area contributed by atoms with E-state index >= 15 is 0 Å². The van der Waals surface area contributed by atoms with Gasteiger partial charge >= 0.3 is 0 Å². The molecule has 3 N–H and O–H groups in total. The summed E-state index contributed by atoms with van der Waals surface area (Å²) < 4.78 is 1.80. The number of nitrogens with zero attached hydrogens (tertiary/aromatic N) is 3. The molecule has 27 heavy (non-hydrogen) atoms. The van der Waals surface area contributed by atoms with Gasteiger partial charge in [-0.05, 0) is 30.7 Å². The molecule has 0 spiro atoms. The number of fused-ring (bicyclic) bond motifs is 1. The molecule has 0 atom stereocenters. The van der Waals surface area contributed by atoms with E-state index in [1.165, 1.54) is 0 Å². The van der Waals surface area contributed by atoms with Crippen LogP contribution in [0.5, 0.6) is 5.75 Å². The molecule has 0 unspecified atom stereocenters. The lowest BCUT2D eigenvalue weighted by Crippen LogP contribution is -2.15. The Morgan fingerprint density at radius 1 is 1.22 bits per heavy atom. The average Bonchev–Trinajstić information content (AvgIpc) is 3.27. The average molecular weight is 361 g/mol. The van der Waals surface area contributed by atoms with Crippen LogP contribution in [0.1, 0.15) is 29.4 Å². The molecule has 0 aliphatic carbocycles. The molecule has 1 amide bonds. The number of rotatable bonds is 5. The Morgan fingerprint density at radius 3 is 2.81 bits per heavy atom. The summed E-state index contributed by atoms with van der Waals surface area (Å²) >= 11 is 0. The maximum Gasteiger partial charge on any atom is 0.260 e. The summed E-state index contributed by atoms with van der Waals surface area (Å²) in [6, 6.07) is 14.6. The van der Waals surface area contributed by atoms with Crippen LogP contribution in [0.4, 0.5) is 5.82 Å². The number of phenolic OH excluding ortho intramolecular Hbond substituents is 1. The zero-order valence-corrected chi connectivity index (χ0v) is 14.8. The quantitative estimate of drug-likeness (QED) is 0.505. The largest absolute Gasteiger partial charge is 0.508 e. The molecule has 0 saturated carbocycles. The van der Waals surface area contributed by atoms with Gasteiger partial charge in [-0.15, -0.1) is 0 Å². The molecular weight excluding hydrogens is 342 g/mol. The monoisotopic (exact) mass is 361 g/mol. The first-order valence-corrected chi connectivity index (χ1v) is 8.78. The maximum atomic E-state index is 12.9. The highest BCUT2D eigenvalue weighted by atomic mass is 16.3. The molecule has 7 heteroatoms. The van der Waals surface area contributed by atoms with E-state index < -0.39 is 0 Å². The Morgan fingerprint density at radius 2 is 2.04 bits per heavy atom. The second-order valence-corrected chi connectivity index (χ2v) is 6.26. The van der Waals surface area contributed by atoms with E-state index in [2.05, 4.69) is 27.5 Å². The number of amides is 1. The minimum absolute atomic E-state index is 0.137. The Bertz CT molecular complexity index is 1100. The first-order chi connectivity index (χ1) is 13.2. The number of hydrogen-bond acceptors (Lipinski definition) is 4. The molecule has 0 fully saturated rings. The third kappa shape index (κ3) is 3.15. The predicted octanol–water partition coefficient (Wildman–Crippen LogP) is 3.66. The van der Waals surface area contributed by atoms with E-state index in [9.17, 15) is 9.90 Å². The Labute approximate surface area is 155 Å². The topological polar surface area (TPSA) is 95.8 Å². The van der Waals surface area contributed by atoms with Crippen LogP contribution in [-0.2, 0) is 6.42 Å². The van der Waals surface area contributed by atoms with Gasteiger partial charge < -0.3 is 10.4 Å². The molecule has 2 aromatic carbocycles.